The summed E-state index contributed by atoms with van der Waals surface area (Å²) in [5.41, 5.74) is 3.69. The van der Waals surface area contributed by atoms with E-state index in [2.05, 4.69) is 44.8 Å². The van der Waals surface area contributed by atoms with Gasteiger partial charge in [0.25, 0.3) is 0 Å². The van der Waals surface area contributed by atoms with Crippen LogP contribution in [0.25, 0.3) is 0 Å². The highest BCUT2D eigenvalue weighted by molar-refractivity contribution is 14.0. The first-order chi connectivity index (χ1) is 13.2. The van der Waals surface area contributed by atoms with Crippen LogP contribution in [0.15, 0.2) is 53.5 Å². The predicted octanol–water partition coefficient (Wildman–Crippen LogP) is 4.29. The van der Waals surface area contributed by atoms with Crippen LogP contribution in [-0.4, -0.2) is 31.0 Å². The Bertz CT molecular complexity index is 742. The number of aliphatic imine (C=N–C) groups is 1. The molecule has 2 aromatic carbocycles. The second-order valence-electron chi connectivity index (χ2n) is 7.01. The van der Waals surface area contributed by atoms with Crippen LogP contribution in [0.1, 0.15) is 36.0 Å². The van der Waals surface area contributed by atoms with E-state index in [-0.39, 0.29) is 29.8 Å². The molecule has 1 aliphatic rings. The molecule has 1 saturated heterocycles. The molecule has 28 heavy (non-hydrogen) atoms. The summed E-state index contributed by atoms with van der Waals surface area (Å²) in [5, 5.41) is 6.67. The number of benzene rings is 2. The number of hydrogen-bond acceptors (Lipinski definition) is 2. The number of rotatable bonds is 6. The molecule has 0 bridgehead atoms. The SMILES string of the molecule is CN=C(NCc1ccc(F)cc1)NCc1ccccc1CN1CCCCC1.I. The molecule has 0 atom stereocenters. The maximum Gasteiger partial charge on any atom is 0.191 e. The molecule has 152 valence electrons. The molecule has 6 heteroatoms. The fourth-order valence-corrected chi connectivity index (χ4v) is 3.43. The second kappa shape index (κ2) is 12.0. The van der Waals surface area contributed by atoms with Crippen molar-refractivity contribution < 1.29 is 4.39 Å². The van der Waals surface area contributed by atoms with E-state index in [1.807, 2.05) is 0 Å². The molecule has 0 aromatic heterocycles. The molecule has 0 radical (unpaired) electrons. The summed E-state index contributed by atoms with van der Waals surface area (Å²) in [6.45, 7) is 4.74. The first-order valence-electron chi connectivity index (χ1n) is 9.72. The molecule has 0 unspecified atom stereocenters. The quantitative estimate of drug-likeness (QED) is 0.356. The van der Waals surface area contributed by atoms with Gasteiger partial charge in [0.1, 0.15) is 5.82 Å². The summed E-state index contributed by atoms with van der Waals surface area (Å²) < 4.78 is 13.0. The monoisotopic (exact) mass is 496 g/mol. The van der Waals surface area contributed by atoms with Crippen molar-refractivity contribution >= 4 is 29.9 Å². The summed E-state index contributed by atoms with van der Waals surface area (Å²) in [6, 6.07) is 15.1. The summed E-state index contributed by atoms with van der Waals surface area (Å²) in [6.07, 6.45) is 3.97. The second-order valence-corrected chi connectivity index (χ2v) is 7.01. The Morgan fingerprint density at radius 3 is 2.25 bits per heavy atom. The fourth-order valence-electron chi connectivity index (χ4n) is 3.43. The normalized spacial score (nSPS) is 15.0. The summed E-state index contributed by atoms with van der Waals surface area (Å²) in [7, 11) is 1.76. The van der Waals surface area contributed by atoms with Gasteiger partial charge in [-0.1, -0.05) is 42.8 Å². The van der Waals surface area contributed by atoms with Crippen molar-refractivity contribution in [2.45, 2.75) is 38.9 Å². The van der Waals surface area contributed by atoms with Gasteiger partial charge in [0.2, 0.25) is 0 Å². The lowest BCUT2D eigenvalue weighted by molar-refractivity contribution is 0.220. The van der Waals surface area contributed by atoms with Crippen LogP contribution in [0.5, 0.6) is 0 Å². The molecule has 1 heterocycles. The van der Waals surface area contributed by atoms with Crippen LogP contribution in [0.3, 0.4) is 0 Å². The van der Waals surface area contributed by atoms with Crippen molar-refractivity contribution in [1.82, 2.24) is 15.5 Å². The Hall–Kier alpha value is -1.67. The third kappa shape index (κ3) is 7.05. The van der Waals surface area contributed by atoms with E-state index in [0.717, 1.165) is 24.6 Å². The van der Waals surface area contributed by atoms with E-state index >= 15 is 0 Å². The number of likely N-dealkylation sites (tertiary alicyclic amines) is 1. The highest BCUT2D eigenvalue weighted by atomic mass is 127. The molecule has 1 fully saturated rings. The summed E-state index contributed by atoms with van der Waals surface area (Å²) in [4.78, 5) is 6.84. The third-order valence-electron chi connectivity index (χ3n) is 5.00. The minimum absolute atomic E-state index is 0. The maximum atomic E-state index is 13.0. The lowest BCUT2D eigenvalue weighted by Gasteiger charge is -2.27. The standard InChI is InChI=1S/C22H29FN4.HI/c1-24-22(25-15-18-9-11-21(23)12-10-18)26-16-19-7-3-4-8-20(19)17-27-13-5-2-6-14-27;/h3-4,7-12H,2,5-6,13-17H2,1H3,(H2,24,25,26);1H. The lowest BCUT2D eigenvalue weighted by Crippen LogP contribution is -2.36. The highest BCUT2D eigenvalue weighted by Gasteiger charge is 2.12. The molecule has 0 amide bonds. The molecule has 0 saturated carbocycles. The van der Waals surface area contributed by atoms with E-state index in [1.54, 1.807) is 19.2 Å². The van der Waals surface area contributed by atoms with Gasteiger partial charge in [0.05, 0.1) is 0 Å². The predicted molar refractivity (Wildman–Crippen MR) is 124 cm³/mol. The number of hydrogen-bond donors (Lipinski definition) is 2. The Labute approximate surface area is 184 Å². The third-order valence-corrected chi connectivity index (χ3v) is 5.00. The molecule has 0 aliphatic carbocycles. The van der Waals surface area contributed by atoms with Gasteiger partial charge in [-0.15, -0.1) is 24.0 Å². The molecule has 3 rings (SSSR count). The maximum absolute atomic E-state index is 13.0. The van der Waals surface area contributed by atoms with Crippen LogP contribution < -0.4 is 10.6 Å². The first-order valence-corrected chi connectivity index (χ1v) is 9.72. The number of guanidine groups is 1. The minimum atomic E-state index is -0.216. The fraction of sp³-hybridized carbons (Fsp3) is 0.409. The van der Waals surface area contributed by atoms with Crippen molar-refractivity contribution in [2.24, 2.45) is 4.99 Å². The van der Waals surface area contributed by atoms with Crippen molar-refractivity contribution in [3.8, 4) is 0 Å². The molecule has 0 spiro atoms. The van der Waals surface area contributed by atoms with Gasteiger partial charge >= 0.3 is 0 Å². The van der Waals surface area contributed by atoms with Gasteiger partial charge in [-0.05, 0) is 54.8 Å². The van der Waals surface area contributed by atoms with E-state index in [1.165, 1.54) is 55.6 Å². The topological polar surface area (TPSA) is 39.7 Å². The van der Waals surface area contributed by atoms with Crippen LogP contribution in [0, 0.1) is 5.82 Å². The number of nitrogens with one attached hydrogen (secondary N) is 2. The van der Waals surface area contributed by atoms with Crippen molar-refractivity contribution in [3.63, 3.8) is 0 Å². The zero-order valence-corrected chi connectivity index (χ0v) is 18.8. The Balaban J connectivity index is 0.00000280. The number of nitrogens with zero attached hydrogens (tertiary/aromatic N) is 2. The smallest absolute Gasteiger partial charge is 0.191 e. The number of piperidine rings is 1. The van der Waals surface area contributed by atoms with E-state index < -0.39 is 0 Å². The zero-order chi connectivity index (χ0) is 18.9. The zero-order valence-electron chi connectivity index (χ0n) is 16.5. The van der Waals surface area contributed by atoms with E-state index in [0.29, 0.717) is 6.54 Å². The minimum Gasteiger partial charge on any atom is -0.352 e. The van der Waals surface area contributed by atoms with E-state index in [9.17, 15) is 4.39 Å². The van der Waals surface area contributed by atoms with Crippen LogP contribution in [0.4, 0.5) is 4.39 Å². The van der Waals surface area contributed by atoms with Gasteiger partial charge in [-0.2, -0.15) is 0 Å². The van der Waals surface area contributed by atoms with E-state index in [4.69, 9.17) is 0 Å². The Kier molecular flexibility index (Phi) is 9.70. The van der Waals surface area contributed by atoms with Crippen molar-refractivity contribution in [2.75, 3.05) is 20.1 Å². The van der Waals surface area contributed by atoms with Gasteiger partial charge in [0.15, 0.2) is 5.96 Å². The summed E-state index contributed by atoms with van der Waals surface area (Å²) >= 11 is 0. The van der Waals surface area contributed by atoms with Gasteiger partial charge < -0.3 is 10.6 Å². The van der Waals surface area contributed by atoms with Crippen LogP contribution in [0.2, 0.25) is 0 Å². The average Bonchev–Trinajstić information content (AvgIpc) is 2.71. The van der Waals surface area contributed by atoms with Gasteiger partial charge in [0, 0.05) is 26.7 Å². The molecule has 1 aliphatic heterocycles. The van der Waals surface area contributed by atoms with Crippen molar-refractivity contribution in [1.29, 1.82) is 0 Å². The Morgan fingerprint density at radius 1 is 0.929 bits per heavy atom. The van der Waals surface area contributed by atoms with Gasteiger partial charge in [-0.3, -0.25) is 9.89 Å². The van der Waals surface area contributed by atoms with Gasteiger partial charge in [-0.25, -0.2) is 4.39 Å². The number of halogens is 2. The average molecular weight is 496 g/mol. The summed E-state index contributed by atoms with van der Waals surface area (Å²) in [5.74, 6) is 0.527. The molecular weight excluding hydrogens is 466 g/mol. The molecule has 2 aromatic rings. The van der Waals surface area contributed by atoms with Crippen LogP contribution in [-0.2, 0) is 19.6 Å². The lowest BCUT2D eigenvalue weighted by atomic mass is 10.0. The molecular formula is C22H30FIN4. The largest absolute Gasteiger partial charge is 0.352 e. The molecule has 4 nitrogen and oxygen atoms in total. The Morgan fingerprint density at radius 2 is 1.57 bits per heavy atom. The highest BCUT2D eigenvalue weighted by Crippen LogP contribution is 2.16. The van der Waals surface area contributed by atoms with Crippen molar-refractivity contribution in [3.05, 3.63) is 71.0 Å². The first kappa shape index (κ1) is 22.6. The molecule has 2 N–H and O–H groups in total. The van der Waals surface area contributed by atoms with Crippen LogP contribution >= 0.6 is 24.0 Å².